The summed E-state index contributed by atoms with van der Waals surface area (Å²) in [6.45, 7) is 4.04. The molecule has 2 heterocycles. The number of imidazole rings is 1. The first kappa shape index (κ1) is 26.1. The summed E-state index contributed by atoms with van der Waals surface area (Å²) >= 11 is 0. The monoisotopic (exact) mass is 532 g/mol. The second-order valence-electron chi connectivity index (χ2n) is 9.91. The van der Waals surface area contributed by atoms with Crippen molar-refractivity contribution in [3.8, 4) is 0 Å². The van der Waals surface area contributed by atoms with Crippen molar-refractivity contribution in [1.82, 2.24) is 9.55 Å². The zero-order chi connectivity index (χ0) is 27.1. The molecule has 0 radical (unpaired) electrons. The van der Waals surface area contributed by atoms with E-state index in [2.05, 4.69) is 100 Å². The molecule has 0 aliphatic heterocycles. The predicted octanol–water partition coefficient (Wildman–Crippen LogP) is 5.91. The first-order chi connectivity index (χ1) is 19.8. The lowest BCUT2D eigenvalue weighted by Gasteiger charge is -2.09. The normalized spacial score (nSPS) is 11.6. The van der Waals surface area contributed by atoms with Gasteiger partial charge in [0.15, 0.2) is 11.0 Å². The van der Waals surface area contributed by atoms with E-state index in [0.717, 1.165) is 34.5 Å². The van der Waals surface area contributed by atoms with Crippen LogP contribution in [0.15, 0.2) is 103 Å². The lowest BCUT2D eigenvalue weighted by atomic mass is 10.1. The molecular formula is C34H34N3O3+. The van der Waals surface area contributed by atoms with E-state index in [1.54, 1.807) is 7.11 Å². The van der Waals surface area contributed by atoms with Gasteiger partial charge in [-0.05, 0) is 46.7 Å². The zero-order valence-electron chi connectivity index (χ0n) is 22.8. The van der Waals surface area contributed by atoms with Gasteiger partial charge in [0, 0.05) is 12.5 Å². The summed E-state index contributed by atoms with van der Waals surface area (Å²) in [5.74, 6) is 1.10. The molecule has 0 saturated carbocycles. The molecular weight excluding hydrogens is 498 g/mol. The Bertz CT molecular complexity index is 1630. The van der Waals surface area contributed by atoms with Crippen LogP contribution in [0.5, 0.6) is 0 Å². The van der Waals surface area contributed by atoms with E-state index < -0.39 is 0 Å². The first-order valence-electron chi connectivity index (χ1n) is 13.8. The van der Waals surface area contributed by atoms with Gasteiger partial charge in [-0.1, -0.05) is 72.8 Å². The first-order valence-corrected chi connectivity index (χ1v) is 13.8. The van der Waals surface area contributed by atoms with Gasteiger partial charge >= 0.3 is 0 Å². The second-order valence-corrected chi connectivity index (χ2v) is 9.91. The summed E-state index contributed by atoms with van der Waals surface area (Å²) in [7, 11) is 1.68. The maximum absolute atomic E-state index is 6.20. The number of rotatable bonds is 12. The standard InChI is InChI=1S/C34H34N3O3/c1-38-18-19-39-20-21-40-25-34-36(23-26-14-15-27-8-2-3-10-29(27)22-26)32-12-6-7-13-33(32)37(34)24-30-17-16-28-9-4-5-11-31(28)35-30/h2-17,22H,18-21,23-25H2,1H3/q+1. The van der Waals surface area contributed by atoms with Gasteiger partial charge in [0.25, 0.3) is 5.82 Å². The molecule has 0 bridgehead atoms. The van der Waals surface area contributed by atoms with Crippen LogP contribution in [-0.2, 0) is 33.9 Å². The largest absolute Gasteiger partial charge is 0.382 e. The summed E-state index contributed by atoms with van der Waals surface area (Å²) in [4.78, 5) is 4.98. The molecule has 0 aliphatic carbocycles. The Morgan fingerprint density at radius 1 is 0.700 bits per heavy atom. The number of ether oxygens (including phenoxy) is 3. The maximum Gasteiger partial charge on any atom is 0.284 e. The molecule has 6 nitrogen and oxygen atoms in total. The predicted molar refractivity (Wildman–Crippen MR) is 158 cm³/mol. The summed E-state index contributed by atoms with van der Waals surface area (Å²) in [6, 6.07) is 36.3. The summed E-state index contributed by atoms with van der Waals surface area (Å²) in [5, 5.41) is 3.64. The van der Waals surface area contributed by atoms with Crippen LogP contribution in [0, 0.1) is 0 Å². The minimum Gasteiger partial charge on any atom is -0.382 e. The molecule has 0 fully saturated rings. The van der Waals surface area contributed by atoms with Crippen LogP contribution < -0.4 is 4.57 Å². The Morgan fingerprint density at radius 2 is 1.43 bits per heavy atom. The molecule has 0 atom stereocenters. The van der Waals surface area contributed by atoms with Crippen molar-refractivity contribution in [3.05, 3.63) is 120 Å². The Balaban J connectivity index is 1.36. The fourth-order valence-corrected chi connectivity index (χ4v) is 5.26. The number of hydrogen-bond donors (Lipinski definition) is 0. The zero-order valence-corrected chi connectivity index (χ0v) is 22.8. The van der Waals surface area contributed by atoms with Crippen molar-refractivity contribution < 1.29 is 18.8 Å². The van der Waals surface area contributed by atoms with Gasteiger partial charge in [0.2, 0.25) is 0 Å². The van der Waals surface area contributed by atoms with Crippen molar-refractivity contribution in [2.75, 3.05) is 33.5 Å². The highest BCUT2D eigenvalue weighted by molar-refractivity contribution is 5.83. The molecule has 4 aromatic carbocycles. The topological polar surface area (TPSA) is 49.4 Å². The van der Waals surface area contributed by atoms with Gasteiger partial charge in [0.1, 0.15) is 19.7 Å². The molecule has 40 heavy (non-hydrogen) atoms. The quantitative estimate of drug-likeness (QED) is 0.145. The molecule has 0 unspecified atom stereocenters. The Morgan fingerprint density at radius 3 is 2.33 bits per heavy atom. The fourth-order valence-electron chi connectivity index (χ4n) is 5.26. The van der Waals surface area contributed by atoms with Crippen molar-refractivity contribution in [3.63, 3.8) is 0 Å². The Labute approximate surface area is 234 Å². The highest BCUT2D eigenvalue weighted by Crippen LogP contribution is 2.21. The Hall–Kier alpha value is -4.10. The minimum atomic E-state index is 0.462. The summed E-state index contributed by atoms with van der Waals surface area (Å²) in [5.41, 5.74) is 5.60. The lowest BCUT2D eigenvalue weighted by molar-refractivity contribution is -0.673. The third-order valence-corrected chi connectivity index (χ3v) is 7.25. The number of nitrogens with zero attached hydrogens (tertiary/aromatic N) is 3. The number of pyridine rings is 1. The van der Waals surface area contributed by atoms with Gasteiger partial charge in [-0.2, -0.15) is 0 Å². The van der Waals surface area contributed by atoms with E-state index in [1.807, 2.05) is 12.1 Å². The van der Waals surface area contributed by atoms with E-state index >= 15 is 0 Å². The Kier molecular flexibility index (Phi) is 8.10. The number of hydrogen-bond acceptors (Lipinski definition) is 4. The summed E-state index contributed by atoms with van der Waals surface area (Å²) in [6.07, 6.45) is 0. The third-order valence-electron chi connectivity index (χ3n) is 7.25. The van der Waals surface area contributed by atoms with Gasteiger partial charge in [-0.3, -0.25) is 0 Å². The van der Waals surface area contributed by atoms with Crippen LogP contribution in [0.4, 0.5) is 0 Å². The van der Waals surface area contributed by atoms with E-state index in [4.69, 9.17) is 19.2 Å². The highest BCUT2D eigenvalue weighted by Gasteiger charge is 2.26. The average Bonchev–Trinajstić information content (AvgIpc) is 3.28. The van der Waals surface area contributed by atoms with Crippen LogP contribution in [0.2, 0.25) is 0 Å². The number of aromatic nitrogens is 3. The molecule has 6 rings (SSSR count). The van der Waals surface area contributed by atoms with E-state index in [1.165, 1.54) is 21.9 Å². The van der Waals surface area contributed by atoms with Crippen LogP contribution in [0.25, 0.3) is 32.7 Å². The van der Waals surface area contributed by atoms with Crippen LogP contribution >= 0.6 is 0 Å². The van der Waals surface area contributed by atoms with E-state index in [9.17, 15) is 0 Å². The molecule has 6 aromatic rings. The number of benzene rings is 4. The van der Waals surface area contributed by atoms with E-state index in [-0.39, 0.29) is 0 Å². The minimum absolute atomic E-state index is 0.462. The van der Waals surface area contributed by atoms with Crippen molar-refractivity contribution in [1.29, 1.82) is 0 Å². The number of methoxy groups -OCH3 is 1. The molecule has 0 amide bonds. The maximum atomic E-state index is 6.20. The smallest absolute Gasteiger partial charge is 0.284 e. The second kappa shape index (κ2) is 12.4. The molecule has 0 aliphatic rings. The van der Waals surface area contributed by atoms with Gasteiger partial charge in [-0.15, -0.1) is 0 Å². The highest BCUT2D eigenvalue weighted by atomic mass is 16.5. The van der Waals surface area contributed by atoms with Crippen LogP contribution in [0.1, 0.15) is 17.1 Å². The number of fused-ring (bicyclic) bond motifs is 3. The molecule has 6 heteroatoms. The van der Waals surface area contributed by atoms with Crippen LogP contribution in [0.3, 0.4) is 0 Å². The fraction of sp³-hybridized carbons (Fsp3) is 0.235. The summed E-state index contributed by atoms with van der Waals surface area (Å²) < 4.78 is 21.6. The molecule has 202 valence electrons. The third kappa shape index (κ3) is 5.75. The molecule has 0 spiro atoms. The van der Waals surface area contributed by atoms with Crippen molar-refractivity contribution in [2.24, 2.45) is 0 Å². The lowest BCUT2D eigenvalue weighted by Crippen LogP contribution is -2.39. The van der Waals surface area contributed by atoms with Crippen molar-refractivity contribution >= 4 is 32.7 Å². The SMILES string of the molecule is COCCOCCOCc1n(Cc2ccc3ccccc3n2)c2ccccc2[n+]1Cc1ccc2ccccc2c1. The van der Waals surface area contributed by atoms with Crippen LogP contribution in [-0.4, -0.2) is 43.1 Å². The number of para-hydroxylation sites is 3. The van der Waals surface area contributed by atoms with Gasteiger partial charge in [-0.25, -0.2) is 14.1 Å². The molecule has 0 N–H and O–H groups in total. The average molecular weight is 533 g/mol. The molecule has 0 saturated heterocycles. The van der Waals surface area contributed by atoms with Gasteiger partial charge in [0.05, 0.1) is 37.6 Å². The van der Waals surface area contributed by atoms with E-state index in [0.29, 0.717) is 39.6 Å². The molecule has 2 aromatic heterocycles. The van der Waals surface area contributed by atoms with Crippen molar-refractivity contribution in [2.45, 2.75) is 19.7 Å². The van der Waals surface area contributed by atoms with Gasteiger partial charge < -0.3 is 14.2 Å².